The molecule has 0 unspecified atom stereocenters. The van der Waals surface area contributed by atoms with E-state index in [0.717, 1.165) is 19.3 Å². The largest absolute Gasteiger partial charge is 0.396 e. The normalized spacial score (nSPS) is 22.2. The molecule has 0 saturated heterocycles. The maximum atomic E-state index is 8.85. The van der Waals surface area contributed by atoms with Crippen molar-refractivity contribution in [1.29, 1.82) is 0 Å². The minimum absolute atomic E-state index is 0.220. The first kappa shape index (κ1) is 9.53. The molecule has 1 rings (SSSR count). The lowest BCUT2D eigenvalue weighted by Crippen LogP contribution is -2.19. The van der Waals surface area contributed by atoms with Crippen LogP contribution in [0.25, 0.3) is 0 Å². The SMILES string of the molecule is C=C1CC=C(CCO)C(C)(C)C1. The Bertz CT molecular complexity index is 211. The number of allylic oxidation sites excluding steroid dienone is 2. The van der Waals surface area contributed by atoms with E-state index in [1.165, 1.54) is 11.1 Å². The molecule has 1 aliphatic carbocycles. The first-order valence-electron chi connectivity index (χ1n) is 4.53. The Balaban J connectivity index is 2.76. The fourth-order valence-corrected chi connectivity index (χ4v) is 1.92. The van der Waals surface area contributed by atoms with Crippen LogP contribution in [0.2, 0.25) is 0 Å². The second-order valence-electron chi connectivity index (χ2n) is 4.22. The van der Waals surface area contributed by atoms with E-state index in [0.29, 0.717) is 0 Å². The lowest BCUT2D eigenvalue weighted by molar-refractivity contribution is 0.281. The second-order valence-corrected chi connectivity index (χ2v) is 4.22. The molecule has 0 amide bonds. The van der Waals surface area contributed by atoms with E-state index >= 15 is 0 Å². The van der Waals surface area contributed by atoms with E-state index < -0.39 is 0 Å². The van der Waals surface area contributed by atoms with Gasteiger partial charge >= 0.3 is 0 Å². The van der Waals surface area contributed by atoms with Gasteiger partial charge in [-0.05, 0) is 24.7 Å². The van der Waals surface area contributed by atoms with Gasteiger partial charge in [0.15, 0.2) is 0 Å². The highest BCUT2D eigenvalue weighted by Gasteiger charge is 2.26. The van der Waals surface area contributed by atoms with E-state index in [4.69, 9.17) is 5.11 Å². The smallest absolute Gasteiger partial charge is 0.0468 e. The highest BCUT2D eigenvalue weighted by molar-refractivity contribution is 5.24. The van der Waals surface area contributed by atoms with Gasteiger partial charge in [-0.15, -0.1) is 0 Å². The van der Waals surface area contributed by atoms with Crippen molar-refractivity contribution >= 4 is 0 Å². The van der Waals surface area contributed by atoms with E-state index in [1.54, 1.807) is 0 Å². The van der Waals surface area contributed by atoms with Crippen LogP contribution < -0.4 is 0 Å². The third-order valence-corrected chi connectivity index (χ3v) is 2.58. The molecule has 0 atom stereocenters. The predicted octanol–water partition coefficient (Wildman–Crippen LogP) is 2.67. The van der Waals surface area contributed by atoms with Crippen LogP contribution in [-0.4, -0.2) is 11.7 Å². The monoisotopic (exact) mass is 166 g/mol. The van der Waals surface area contributed by atoms with Crippen LogP contribution in [0.3, 0.4) is 0 Å². The number of hydrogen-bond donors (Lipinski definition) is 1. The number of aliphatic hydroxyl groups excluding tert-OH is 1. The highest BCUT2D eigenvalue weighted by Crippen LogP contribution is 2.39. The molecule has 0 bridgehead atoms. The van der Waals surface area contributed by atoms with Crippen molar-refractivity contribution in [3.63, 3.8) is 0 Å². The summed E-state index contributed by atoms with van der Waals surface area (Å²) in [6.45, 7) is 8.71. The Morgan fingerprint density at radius 2 is 2.25 bits per heavy atom. The molecule has 68 valence electrons. The number of aliphatic hydroxyl groups is 1. The van der Waals surface area contributed by atoms with Crippen LogP contribution in [0.15, 0.2) is 23.8 Å². The molecule has 0 fully saturated rings. The third-order valence-electron chi connectivity index (χ3n) is 2.58. The van der Waals surface area contributed by atoms with Gasteiger partial charge in [-0.25, -0.2) is 0 Å². The molecule has 0 aromatic carbocycles. The minimum Gasteiger partial charge on any atom is -0.396 e. The molecule has 0 aromatic rings. The molecule has 1 nitrogen and oxygen atoms in total. The Labute approximate surface area is 74.8 Å². The number of hydrogen-bond acceptors (Lipinski definition) is 1. The number of rotatable bonds is 2. The molecule has 0 saturated carbocycles. The summed E-state index contributed by atoms with van der Waals surface area (Å²) in [7, 11) is 0. The zero-order chi connectivity index (χ0) is 9.19. The van der Waals surface area contributed by atoms with Gasteiger partial charge in [0.2, 0.25) is 0 Å². The first-order chi connectivity index (χ1) is 5.56. The summed E-state index contributed by atoms with van der Waals surface area (Å²) < 4.78 is 0. The molecule has 1 heteroatoms. The molecule has 12 heavy (non-hydrogen) atoms. The Morgan fingerprint density at radius 1 is 1.58 bits per heavy atom. The Kier molecular flexibility index (Phi) is 2.73. The summed E-state index contributed by atoms with van der Waals surface area (Å²) in [6, 6.07) is 0. The fourth-order valence-electron chi connectivity index (χ4n) is 1.92. The van der Waals surface area contributed by atoms with Crippen LogP contribution in [0.5, 0.6) is 0 Å². The van der Waals surface area contributed by atoms with Gasteiger partial charge in [0.05, 0.1) is 0 Å². The van der Waals surface area contributed by atoms with Gasteiger partial charge in [-0.2, -0.15) is 0 Å². The quantitative estimate of drug-likeness (QED) is 0.625. The summed E-state index contributed by atoms with van der Waals surface area (Å²) in [5.41, 5.74) is 2.91. The van der Waals surface area contributed by atoms with Gasteiger partial charge in [0.25, 0.3) is 0 Å². The van der Waals surface area contributed by atoms with E-state index in [-0.39, 0.29) is 12.0 Å². The zero-order valence-corrected chi connectivity index (χ0v) is 8.06. The van der Waals surface area contributed by atoms with Gasteiger partial charge in [0, 0.05) is 6.61 Å². The molecule has 0 aliphatic heterocycles. The van der Waals surface area contributed by atoms with Crippen molar-refractivity contribution in [2.24, 2.45) is 5.41 Å². The average Bonchev–Trinajstić information content (AvgIpc) is 1.94. The predicted molar refractivity (Wildman–Crippen MR) is 51.9 cm³/mol. The summed E-state index contributed by atoms with van der Waals surface area (Å²) in [4.78, 5) is 0. The van der Waals surface area contributed by atoms with Crippen molar-refractivity contribution < 1.29 is 5.11 Å². The standard InChI is InChI=1S/C11H18O/c1-9-4-5-10(6-7-12)11(2,3)8-9/h5,12H,1,4,6-8H2,2-3H3. The fraction of sp³-hybridized carbons (Fsp3) is 0.636. The van der Waals surface area contributed by atoms with E-state index in [9.17, 15) is 0 Å². The van der Waals surface area contributed by atoms with Crippen LogP contribution >= 0.6 is 0 Å². The molecule has 0 spiro atoms. The summed E-state index contributed by atoms with van der Waals surface area (Å²) in [5, 5.41) is 8.85. The molecule has 1 N–H and O–H groups in total. The molecule has 0 radical (unpaired) electrons. The second kappa shape index (κ2) is 3.44. The highest BCUT2D eigenvalue weighted by atomic mass is 16.2. The Morgan fingerprint density at radius 3 is 2.75 bits per heavy atom. The maximum absolute atomic E-state index is 8.85. The van der Waals surface area contributed by atoms with Crippen LogP contribution in [0.4, 0.5) is 0 Å². The summed E-state index contributed by atoms with van der Waals surface area (Å²) >= 11 is 0. The lowest BCUT2D eigenvalue weighted by Gasteiger charge is -2.32. The van der Waals surface area contributed by atoms with Crippen LogP contribution in [-0.2, 0) is 0 Å². The van der Waals surface area contributed by atoms with E-state index in [1.807, 2.05) is 0 Å². The maximum Gasteiger partial charge on any atom is 0.0468 e. The zero-order valence-electron chi connectivity index (χ0n) is 8.06. The summed E-state index contributed by atoms with van der Waals surface area (Å²) in [5.74, 6) is 0. The van der Waals surface area contributed by atoms with Crippen molar-refractivity contribution in [2.75, 3.05) is 6.61 Å². The van der Waals surface area contributed by atoms with Gasteiger partial charge in [-0.3, -0.25) is 0 Å². The molecular formula is C11H18O. The van der Waals surface area contributed by atoms with Crippen molar-refractivity contribution in [2.45, 2.75) is 33.1 Å². The van der Waals surface area contributed by atoms with Crippen LogP contribution in [0, 0.1) is 5.41 Å². The van der Waals surface area contributed by atoms with Crippen LogP contribution in [0.1, 0.15) is 33.1 Å². The topological polar surface area (TPSA) is 20.2 Å². The third kappa shape index (κ3) is 1.98. The molecule has 1 aliphatic rings. The Hall–Kier alpha value is -0.560. The average molecular weight is 166 g/mol. The van der Waals surface area contributed by atoms with Gasteiger partial charge < -0.3 is 5.11 Å². The summed E-state index contributed by atoms with van der Waals surface area (Å²) in [6.07, 6.45) is 5.11. The lowest BCUT2D eigenvalue weighted by atomic mass is 9.73. The van der Waals surface area contributed by atoms with Gasteiger partial charge in [0.1, 0.15) is 0 Å². The first-order valence-corrected chi connectivity index (χ1v) is 4.53. The van der Waals surface area contributed by atoms with Crippen molar-refractivity contribution in [3.8, 4) is 0 Å². The van der Waals surface area contributed by atoms with Crippen molar-refractivity contribution in [3.05, 3.63) is 23.8 Å². The van der Waals surface area contributed by atoms with Crippen molar-refractivity contribution in [1.82, 2.24) is 0 Å². The van der Waals surface area contributed by atoms with E-state index in [2.05, 4.69) is 26.5 Å². The molecule has 0 aromatic heterocycles. The van der Waals surface area contributed by atoms with Gasteiger partial charge in [-0.1, -0.05) is 37.6 Å². The molecular weight excluding hydrogens is 148 g/mol. The minimum atomic E-state index is 0.220. The molecule has 0 heterocycles.